The first-order valence-corrected chi connectivity index (χ1v) is 31.1. The fourth-order valence-electron chi connectivity index (χ4n) is 9.20. The summed E-state index contributed by atoms with van der Waals surface area (Å²) < 4.78 is 16.8. The summed E-state index contributed by atoms with van der Waals surface area (Å²) in [7, 11) is 0. The maximum absolute atomic E-state index is 12.8. The Morgan fingerprint density at radius 2 is 0.549 bits per heavy atom. The van der Waals surface area contributed by atoms with Gasteiger partial charge in [-0.2, -0.15) is 0 Å². The molecule has 1 atom stereocenters. The Bertz CT molecular complexity index is 1230. The molecule has 0 aromatic rings. The fourth-order valence-corrected chi connectivity index (χ4v) is 9.20. The van der Waals surface area contributed by atoms with Crippen LogP contribution in [0.3, 0.4) is 0 Å². The highest BCUT2D eigenvalue weighted by atomic mass is 16.6. The van der Waals surface area contributed by atoms with Crippen molar-refractivity contribution >= 4 is 17.9 Å². The molecule has 0 N–H and O–H groups in total. The molecule has 6 nitrogen and oxygen atoms in total. The number of carbonyl (C=O) groups is 3. The smallest absolute Gasteiger partial charge is 0.306 e. The number of unbranched alkanes of at least 4 members (excludes halogenated alkanes) is 38. The van der Waals surface area contributed by atoms with Crippen molar-refractivity contribution in [3.63, 3.8) is 0 Å². The van der Waals surface area contributed by atoms with Gasteiger partial charge in [-0.25, -0.2) is 0 Å². The molecule has 0 aromatic heterocycles. The van der Waals surface area contributed by atoms with Gasteiger partial charge >= 0.3 is 17.9 Å². The van der Waals surface area contributed by atoms with Crippen molar-refractivity contribution in [3.05, 3.63) is 48.6 Å². The molecule has 71 heavy (non-hydrogen) atoms. The zero-order valence-corrected chi connectivity index (χ0v) is 47.5. The molecule has 0 aliphatic heterocycles. The van der Waals surface area contributed by atoms with Crippen LogP contribution in [0, 0.1) is 0 Å². The average molecular weight is 996 g/mol. The molecule has 0 saturated heterocycles. The summed E-state index contributed by atoms with van der Waals surface area (Å²) in [5.74, 6) is -0.900. The highest BCUT2D eigenvalue weighted by Gasteiger charge is 2.19. The lowest BCUT2D eigenvalue weighted by molar-refractivity contribution is -0.167. The maximum atomic E-state index is 12.8. The Morgan fingerprint density at radius 1 is 0.296 bits per heavy atom. The van der Waals surface area contributed by atoms with Gasteiger partial charge in [0.1, 0.15) is 13.2 Å². The molecule has 0 fully saturated rings. The Balaban J connectivity index is 3.99. The molecule has 0 aromatic carbocycles. The molecule has 0 spiro atoms. The topological polar surface area (TPSA) is 78.9 Å². The predicted molar refractivity (Wildman–Crippen MR) is 307 cm³/mol. The van der Waals surface area contributed by atoms with E-state index in [4.69, 9.17) is 14.2 Å². The molecular weight excluding hydrogens is 877 g/mol. The van der Waals surface area contributed by atoms with Gasteiger partial charge in [0.05, 0.1) is 0 Å². The number of hydrogen-bond donors (Lipinski definition) is 0. The molecule has 414 valence electrons. The minimum atomic E-state index is -0.781. The molecule has 1 unspecified atom stereocenters. The van der Waals surface area contributed by atoms with E-state index in [0.717, 1.165) is 96.3 Å². The highest BCUT2D eigenvalue weighted by Crippen LogP contribution is 2.18. The van der Waals surface area contributed by atoms with E-state index in [1.54, 1.807) is 0 Å². The monoisotopic (exact) mass is 995 g/mol. The lowest BCUT2D eigenvalue weighted by Crippen LogP contribution is -2.30. The Kier molecular flexibility index (Phi) is 57.7. The van der Waals surface area contributed by atoms with Crippen LogP contribution in [0.25, 0.3) is 0 Å². The van der Waals surface area contributed by atoms with Crippen molar-refractivity contribution in [2.24, 2.45) is 0 Å². The first-order valence-electron chi connectivity index (χ1n) is 31.1. The van der Waals surface area contributed by atoms with Crippen molar-refractivity contribution in [1.82, 2.24) is 0 Å². The van der Waals surface area contributed by atoms with E-state index in [1.165, 1.54) is 193 Å². The van der Waals surface area contributed by atoms with E-state index in [-0.39, 0.29) is 31.1 Å². The number of carbonyl (C=O) groups excluding carboxylic acids is 3. The van der Waals surface area contributed by atoms with Crippen LogP contribution >= 0.6 is 0 Å². The van der Waals surface area contributed by atoms with E-state index >= 15 is 0 Å². The molecule has 6 heteroatoms. The van der Waals surface area contributed by atoms with Gasteiger partial charge in [0.25, 0.3) is 0 Å². The minimum Gasteiger partial charge on any atom is -0.462 e. The number of allylic oxidation sites excluding steroid dienone is 8. The number of hydrogen-bond acceptors (Lipinski definition) is 6. The highest BCUT2D eigenvalue weighted by molar-refractivity contribution is 5.71. The molecule has 0 aliphatic carbocycles. The van der Waals surface area contributed by atoms with Gasteiger partial charge in [0, 0.05) is 19.3 Å². The molecule has 0 amide bonds. The Hall–Kier alpha value is -2.63. The van der Waals surface area contributed by atoms with E-state index in [9.17, 15) is 14.4 Å². The van der Waals surface area contributed by atoms with Gasteiger partial charge in [-0.05, 0) is 57.8 Å². The zero-order chi connectivity index (χ0) is 51.4. The number of ether oxygens (including phenoxy) is 3. The second-order valence-electron chi connectivity index (χ2n) is 21.0. The molecule has 0 radical (unpaired) electrons. The maximum Gasteiger partial charge on any atom is 0.306 e. The summed E-state index contributed by atoms with van der Waals surface area (Å²) in [4.78, 5) is 37.9. The molecule has 0 rings (SSSR count). The van der Waals surface area contributed by atoms with Crippen LogP contribution < -0.4 is 0 Å². The van der Waals surface area contributed by atoms with Crippen LogP contribution in [0.2, 0.25) is 0 Å². The first kappa shape index (κ1) is 68.4. The van der Waals surface area contributed by atoms with E-state index in [2.05, 4.69) is 69.4 Å². The second-order valence-corrected chi connectivity index (χ2v) is 21.0. The van der Waals surface area contributed by atoms with Crippen molar-refractivity contribution in [3.8, 4) is 0 Å². The van der Waals surface area contributed by atoms with Gasteiger partial charge in [0.15, 0.2) is 6.10 Å². The molecule has 0 aliphatic rings. The quantitative estimate of drug-likeness (QED) is 0.0261. The normalized spacial score (nSPS) is 12.3. The standard InChI is InChI=1S/C65H118O6/c1-4-7-10-13-16-18-20-22-24-26-27-28-29-30-31-32-33-34-35-36-37-38-40-41-43-45-47-49-52-55-58-64(67)70-61-62(60-69-63(66)57-54-51-15-12-9-6-3)71-65(68)59-56-53-50-48-46-44-42-39-25-23-21-19-17-14-11-8-5-2/h8,11,17,19,23,25,42,44,62H,4-7,9-10,12-16,18,20-22,24,26-41,43,45-61H2,1-3H3/b11-8-,19-17-,25-23-,44-42-. The van der Waals surface area contributed by atoms with Crippen LogP contribution in [0.15, 0.2) is 48.6 Å². The summed E-state index contributed by atoms with van der Waals surface area (Å²) in [5.41, 5.74) is 0. The average Bonchev–Trinajstić information content (AvgIpc) is 3.37. The van der Waals surface area contributed by atoms with Gasteiger partial charge in [0.2, 0.25) is 0 Å². The van der Waals surface area contributed by atoms with Crippen molar-refractivity contribution < 1.29 is 28.6 Å². The summed E-state index contributed by atoms with van der Waals surface area (Å²) in [5, 5.41) is 0. The van der Waals surface area contributed by atoms with Crippen molar-refractivity contribution in [2.75, 3.05) is 13.2 Å². The summed E-state index contributed by atoms with van der Waals surface area (Å²) in [6, 6.07) is 0. The van der Waals surface area contributed by atoms with Crippen LogP contribution in [-0.4, -0.2) is 37.2 Å². The lowest BCUT2D eigenvalue weighted by atomic mass is 10.0. The number of esters is 3. The SMILES string of the molecule is CC/C=C\C/C=C\C/C=C\C/C=C\CCCCCCC(=O)OC(COC(=O)CCCCCCCC)COC(=O)CCCCCCCCCCCCCCCCCCCCCCCCCCCCCCCC. The van der Waals surface area contributed by atoms with Crippen LogP contribution in [0.1, 0.15) is 329 Å². The Morgan fingerprint density at radius 3 is 0.859 bits per heavy atom. The third-order valence-electron chi connectivity index (χ3n) is 13.8. The van der Waals surface area contributed by atoms with Gasteiger partial charge < -0.3 is 14.2 Å². The summed E-state index contributed by atoms with van der Waals surface area (Å²) in [6.07, 6.45) is 74.6. The van der Waals surface area contributed by atoms with Crippen molar-refractivity contribution in [1.29, 1.82) is 0 Å². The second kappa shape index (κ2) is 59.9. The van der Waals surface area contributed by atoms with E-state index < -0.39 is 6.10 Å². The molecule has 0 saturated carbocycles. The third kappa shape index (κ3) is 58.1. The number of rotatable bonds is 57. The molecular formula is C65H118O6. The van der Waals surface area contributed by atoms with Gasteiger partial charge in [-0.3, -0.25) is 14.4 Å². The summed E-state index contributed by atoms with van der Waals surface area (Å²) >= 11 is 0. The first-order chi connectivity index (χ1) is 35.0. The largest absolute Gasteiger partial charge is 0.462 e. The fraction of sp³-hybridized carbons (Fsp3) is 0.831. The van der Waals surface area contributed by atoms with Gasteiger partial charge in [-0.15, -0.1) is 0 Å². The molecule has 0 bridgehead atoms. The van der Waals surface area contributed by atoms with Crippen molar-refractivity contribution in [2.45, 2.75) is 335 Å². The van der Waals surface area contributed by atoms with Crippen LogP contribution in [0.5, 0.6) is 0 Å². The third-order valence-corrected chi connectivity index (χ3v) is 13.8. The van der Waals surface area contributed by atoms with E-state index in [0.29, 0.717) is 19.3 Å². The minimum absolute atomic E-state index is 0.0800. The summed E-state index contributed by atoms with van der Waals surface area (Å²) in [6.45, 7) is 6.49. The Labute approximate surface area is 441 Å². The zero-order valence-electron chi connectivity index (χ0n) is 47.5. The lowest BCUT2D eigenvalue weighted by Gasteiger charge is -2.18. The van der Waals surface area contributed by atoms with Crippen LogP contribution in [0.4, 0.5) is 0 Å². The molecule has 0 heterocycles. The van der Waals surface area contributed by atoms with Crippen LogP contribution in [-0.2, 0) is 28.6 Å². The van der Waals surface area contributed by atoms with E-state index in [1.807, 2.05) is 0 Å². The van der Waals surface area contributed by atoms with Gasteiger partial charge in [-0.1, -0.05) is 301 Å². The predicted octanol–water partition coefficient (Wildman–Crippen LogP) is 21.0.